The maximum atomic E-state index is 13.2. The van der Waals surface area contributed by atoms with Gasteiger partial charge in [0.2, 0.25) is 0 Å². The molecular formula is C9H11FN2O2. The van der Waals surface area contributed by atoms with Crippen molar-refractivity contribution in [1.82, 2.24) is 0 Å². The Balaban J connectivity index is 2.83. The zero-order valence-electron chi connectivity index (χ0n) is 7.71. The van der Waals surface area contributed by atoms with Crippen LogP contribution in [0.25, 0.3) is 0 Å². The number of nitrogens with two attached hydrogens (primary N) is 1. The van der Waals surface area contributed by atoms with Crippen LogP contribution in [0.2, 0.25) is 0 Å². The van der Waals surface area contributed by atoms with Crippen LogP contribution in [-0.4, -0.2) is 13.2 Å². The SMILES string of the molecule is COC(=O)Nc1ccc(CN)cc1F. The summed E-state index contributed by atoms with van der Waals surface area (Å²) in [6, 6.07) is 4.34. The third kappa shape index (κ3) is 2.43. The summed E-state index contributed by atoms with van der Waals surface area (Å²) in [5.74, 6) is -0.529. The zero-order valence-corrected chi connectivity index (χ0v) is 7.71. The Kier molecular flexibility index (Phi) is 3.41. The van der Waals surface area contributed by atoms with Crippen LogP contribution >= 0.6 is 0 Å². The molecule has 0 aliphatic rings. The first-order chi connectivity index (χ1) is 6.67. The monoisotopic (exact) mass is 198 g/mol. The van der Waals surface area contributed by atoms with E-state index in [0.29, 0.717) is 5.56 Å². The number of benzene rings is 1. The molecular weight excluding hydrogens is 187 g/mol. The summed E-state index contributed by atoms with van der Waals surface area (Å²) < 4.78 is 17.5. The van der Waals surface area contributed by atoms with E-state index in [1.165, 1.54) is 19.2 Å². The van der Waals surface area contributed by atoms with Gasteiger partial charge >= 0.3 is 6.09 Å². The van der Waals surface area contributed by atoms with Gasteiger partial charge in [0, 0.05) is 6.54 Å². The second kappa shape index (κ2) is 4.57. The summed E-state index contributed by atoms with van der Waals surface area (Å²) in [5, 5.41) is 2.23. The molecule has 0 saturated heterocycles. The van der Waals surface area contributed by atoms with Crippen LogP contribution in [0, 0.1) is 5.82 Å². The van der Waals surface area contributed by atoms with Crippen LogP contribution in [0.3, 0.4) is 0 Å². The second-order valence-electron chi connectivity index (χ2n) is 2.63. The van der Waals surface area contributed by atoms with Crippen molar-refractivity contribution in [1.29, 1.82) is 0 Å². The number of halogens is 1. The van der Waals surface area contributed by atoms with Gasteiger partial charge in [-0.2, -0.15) is 0 Å². The van der Waals surface area contributed by atoms with E-state index in [4.69, 9.17) is 5.73 Å². The number of nitrogens with one attached hydrogen (secondary N) is 1. The molecule has 3 N–H and O–H groups in total. The number of amides is 1. The first kappa shape index (κ1) is 10.5. The molecule has 76 valence electrons. The van der Waals surface area contributed by atoms with E-state index in [2.05, 4.69) is 10.1 Å². The summed E-state index contributed by atoms with van der Waals surface area (Å²) in [6.45, 7) is 0.259. The van der Waals surface area contributed by atoms with Gasteiger partial charge in [0.15, 0.2) is 0 Å². The molecule has 0 radical (unpaired) electrons. The molecule has 0 aliphatic heterocycles. The lowest BCUT2D eigenvalue weighted by Gasteiger charge is -2.05. The average Bonchev–Trinajstić information content (AvgIpc) is 2.20. The molecule has 1 amide bonds. The molecule has 1 aromatic rings. The van der Waals surface area contributed by atoms with Crippen LogP contribution in [0.4, 0.5) is 14.9 Å². The van der Waals surface area contributed by atoms with Gasteiger partial charge in [-0.1, -0.05) is 6.07 Å². The Bertz CT molecular complexity index is 342. The van der Waals surface area contributed by atoms with Crippen molar-refractivity contribution < 1.29 is 13.9 Å². The minimum absolute atomic E-state index is 0.0778. The Morgan fingerprint density at radius 1 is 1.64 bits per heavy atom. The summed E-state index contributed by atoms with van der Waals surface area (Å²) in [7, 11) is 1.21. The van der Waals surface area contributed by atoms with Crippen LogP contribution < -0.4 is 11.1 Å². The number of hydrogen-bond donors (Lipinski definition) is 2. The Labute approximate surface area is 80.9 Å². The number of hydrogen-bond acceptors (Lipinski definition) is 3. The molecule has 4 nitrogen and oxygen atoms in total. The van der Waals surface area contributed by atoms with Crippen molar-refractivity contribution in [3.63, 3.8) is 0 Å². The molecule has 0 heterocycles. The fourth-order valence-electron chi connectivity index (χ4n) is 0.948. The fraction of sp³-hybridized carbons (Fsp3) is 0.222. The lowest BCUT2D eigenvalue weighted by atomic mass is 10.2. The van der Waals surface area contributed by atoms with E-state index in [0.717, 1.165) is 0 Å². The highest BCUT2D eigenvalue weighted by Gasteiger charge is 2.06. The summed E-state index contributed by atoms with van der Waals surface area (Å²) in [4.78, 5) is 10.8. The molecule has 0 aliphatic carbocycles. The van der Waals surface area contributed by atoms with E-state index < -0.39 is 11.9 Å². The average molecular weight is 198 g/mol. The van der Waals surface area contributed by atoms with E-state index >= 15 is 0 Å². The van der Waals surface area contributed by atoms with Gasteiger partial charge in [0.05, 0.1) is 12.8 Å². The van der Waals surface area contributed by atoms with Crippen molar-refractivity contribution in [3.8, 4) is 0 Å². The molecule has 0 unspecified atom stereocenters. The summed E-state index contributed by atoms with van der Waals surface area (Å²) in [6.07, 6.45) is -0.704. The summed E-state index contributed by atoms with van der Waals surface area (Å²) >= 11 is 0. The predicted molar refractivity (Wildman–Crippen MR) is 50.3 cm³/mol. The number of anilines is 1. The number of carbonyl (C=O) groups is 1. The minimum Gasteiger partial charge on any atom is -0.453 e. The number of rotatable bonds is 2. The Morgan fingerprint density at radius 3 is 2.86 bits per heavy atom. The third-order valence-electron chi connectivity index (χ3n) is 1.69. The highest BCUT2D eigenvalue weighted by molar-refractivity contribution is 5.84. The van der Waals surface area contributed by atoms with E-state index in [1.807, 2.05) is 0 Å². The van der Waals surface area contributed by atoms with Gasteiger partial charge in [0.25, 0.3) is 0 Å². The molecule has 1 aromatic carbocycles. The number of carbonyl (C=O) groups excluding carboxylic acids is 1. The Morgan fingerprint density at radius 2 is 2.36 bits per heavy atom. The normalized spacial score (nSPS) is 9.64. The zero-order chi connectivity index (χ0) is 10.6. The maximum absolute atomic E-state index is 13.2. The number of ether oxygens (including phenoxy) is 1. The Hall–Kier alpha value is -1.62. The van der Waals surface area contributed by atoms with Crippen molar-refractivity contribution in [2.75, 3.05) is 12.4 Å². The molecule has 5 heteroatoms. The first-order valence-corrected chi connectivity index (χ1v) is 4.01. The molecule has 1 rings (SSSR count). The fourth-order valence-corrected chi connectivity index (χ4v) is 0.948. The van der Waals surface area contributed by atoms with Crippen molar-refractivity contribution >= 4 is 11.8 Å². The molecule has 0 aromatic heterocycles. The smallest absolute Gasteiger partial charge is 0.411 e. The minimum atomic E-state index is -0.704. The molecule has 0 spiro atoms. The largest absolute Gasteiger partial charge is 0.453 e. The summed E-state index contributed by atoms with van der Waals surface area (Å²) in [5.41, 5.74) is 6.06. The quantitative estimate of drug-likeness (QED) is 0.756. The van der Waals surface area contributed by atoms with Crippen molar-refractivity contribution in [3.05, 3.63) is 29.6 Å². The van der Waals surface area contributed by atoms with Crippen LogP contribution in [0.5, 0.6) is 0 Å². The highest BCUT2D eigenvalue weighted by Crippen LogP contribution is 2.15. The lowest BCUT2D eigenvalue weighted by molar-refractivity contribution is 0.187. The predicted octanol–water partition coefficient (Wildman–Crippen LogP) is 1.46. The van der Waals surface area contributed by atoms with E-state index in [-0.39, 0.29) is 12.2 Å². The topological polar surface area (TPSA) is 64.3 Å². The van der Waals surface area contributed by atoms with E-state index in [1.54, 1.807) is 6.07 Å². The standard InChI is InChI=1S/C9H11FN2O2/c1-14-9(13)12-8-3-2-6(5-11)4-7(8)10/h2-4H,5,11H2,1H3,(H,12,13). The first-order valence-electron chi connectivity index (χ1n) is 4.01. The third-order valence-corrected chi connectivity index (χ3v) is 1.69. The van der Waals surface area contributed by atoms with Crippen LogP contribution in [0.15, 0.2) is 18.2 Å². The van der Waals surface area contributed by atoms with Gasteiger partial charge in [-0.05, 0) is 17.7 Å². The van der Waals surface area contributed by atoms with Crippen LogP contribution in [-0.2, 0) is 11.3 Å². The van der Waals surface area contributed by atoms with Gasteiger partial charge in [-0.25, -0.2) is 9.18 Å². The molecule has 0 saturated carbocycles. The van der Waals surface area contributed by atoms with Gasteiger partial charge in [0.1, 0.15) is 5.82 Å². The van der Waals surface area contributed by atoms with Gasteiger partial charge < -0.3 is 10.5 Å². The molecule has 0 bridgehead atoms. The van der Waals surface area contributed by atoms with E-state index in [9.17, 15) is 9.18 Å². The van der Waals surface area contributed by atoms with Crippen LogP contribution in [0.1, 0.15) is 5.56 Å². The molecule has 14 heavy (non-hydrogen) atoms. The van der Waals surface area contributed by atoms with Gasteiger partial charge in [-0.3, -0.25) is 5.32 Å². The number of methoxy groups -OCH3 is 1. The van der Waals surface area contributed by atoms with Crippen molar-refractivity contribution in [2.24, 2.45) is 5.73 Å². The van der Waals surface area contributed by atoms with Gasteiger partial charge in [-0.15, -0.1) is 0 Å². The highest BCUT2D eigenvalue weighted by atomic mass is 19.1. The second-order valence-corrected chi connectivity index (χ2v) is 2.63. The molecule has 0 atom stereocenters. The van der Waals surface area contributed by atoms with Crippen molar-refractivity contribution in [2.45, 2.75) is 6.54 Å². The lowest BCUT2D eigenvalue weighted by Crippen LogP contribution is -2.12. The molecule has 0 fully saturated rings. The maximum Gasteiger partial charge on any atom is 0.411 e.